The summed E-state index contributed by atoms with van der Waals surface area (Å²) in [6.45, 7) is 5.04. The number of anilines is 1. The molecule has 0 bridgehead atoms. The molecule has 0 aliphatic carbocycles. The van der Waals surface area contributed by atoms with Gasteiger partial charge in [0.2, 0.25) is 21.8 Å². The molecule has 2 aromatic rings. The first-order valence-corrected chi connectivity index (χ1v) is 13.6. The van der Waals surface area contributed by atoms with Crippen LogP contribution in [-0.2, 0) is 26.2 Å². The van der Waals surface area contributed by atoms with Crippen molar-refractivity contribution in [2.75, 3.05) is 23.7 Å². The molecule has 0 spiro atoms. The highest BCUT2D eigenvalue weighted by atomic mass is 35.5. The smallest absolute Gasteiger partial charge is 0.244 e. The molecule has 2 aromatic carbocycles. The topological polar surface area (TPSA) is 86.8 Å². The molecule has 7 nitrogen and oxygen atoms in total. The van der Waals surface area contributed by atoms with E-state index in [1.165, 1.54) is 11.0 Å². The highest BCUT2D eigenvalue weighted by Gasteiger charge is 2.32. The number of carbonyl (C=O) groups excluding carboxylic acids is 2. The van der Waals surface area contributed by atoms with E-state index < -0.39 is 28.5 Å². The third-order valence-electron chi connectivity index (χ3n) is 5.25. The van der Waals surface area contributed by atoms with Gasteiger partial charge in [-0.05, 0) is 50.1 Å². The minimum atomic E-state index is -3.86. The fraction of sp³-hybridized carbons (Fsp3) is 0.391. The van der Waals surface area contributed by atoms with Crippen LogP contribution in [0.3, 0.4) is 0 Å². The van der Waals surface area contributed by atoms with Crippen LogP contribution in [0.5, 0.6) is 0 Å². The number of likely N-dealkylation sites (N-methyl/N-ethyl adjacent to an activating group) is 1. The number of sulfonamides is 1. The Morgan fingerprint density at radius 2 is 1.68 bits per heavy atom. The van der Waals surface area contributed by atoms with Crippen molar-refractivity contribution in [3.8, 4) is 0 Å². The van der Waals surface area contributed by atoms with Crippen molar-refractivity contribution in [1.82, 2.24) is 10.2 Å². The van der Waals surface area contributed by atoms with Crippen molar-refractivity contribution < 1.29 is 18.0 Å². The third-order valence-corrected chi connectivity index (χ3v) is 7.32. The average molecular weight is 549 g/mol. The van der Waals surface area contributed by atoms with Crippen molar-refractivity contribution >= 4 is 62.3 Å². The zero-order valence-electron chi connectivity index (χ0n) is 19.4. The van der Waals surface area contributed by atoms with E-state index in [0.717, 1.165) is 10.6 Å². The number of benzene rings is 2. The largest absolute Gasteiger partial charge is 0.355 e. The molecule has 0 aliphatic heterocycles. The normalized spacial score (nSPS) is 12.2. The van der Waals surface area contributed by atoms with Crippen LogP contribution in [-0.4, -0.2) is 50.5 Å². The zero-order chi connectivity index (χ0) is 25.6. The maximum Gasteiger partial charge on any atom is 0.244 e. The molecule has 0 heterocycles. The molecule has 186 valence electrons. The van der Waals surface area contributed by atoms with Gasteiger partial charge in [0.15, 0.2) is 0 Å². The first-order chi connectivity index (χ1) is 15.9. The Morgan fingerprint density at radius 1 is 1.06 bits per heavy atom. The fourth-order valence-corrected chi connectivity index (χ4v) is 5.09. The summed E-state index contributed by atoms with van der Waals surface area (Å²) in [6, 6.07) is 8.88. The van der Waals surface area contributed by atoms with Crippen LogP contribution in [0, 0.1) is 6.92 Å². The zero-order valence-corrected chi connectivity index (χ0v) is 22.5. The van der Waals surface area contributed by atoms with Gasteiger partial charge in [-0.15, -0.1) is 0 Å². The summed E-state index contributed by atoms with van der Waals surface area (Å²) in [7, 11) is -3.86. The molecule has 0 fully saturated rings. The summed E-state index contributed by atoms with van der Waals surface area (Å²) in [5.74, 6) is -0.940. The highest BCUT2D eigenvalue weighted by Crippen LogP contribution is 2.29. The van der Waals surface area contributed by atoms with E-state index in [2.05, 4.69) is 5.32 Å². The molecule has 0 saturated heterocycles. The maximum absolute atomic E-state index is 13.6. The molecule has 0 aliphatic rings. The van der Waals surface area contributed by atoms with Gasteiger partial charge in [0.05, 0.1) is 11.9 Å². The van der Waals surface area contributed by atoms with Crippen molar-refractivity contribution in [1.29, 1.82) is 0 Å². The summed E-state index contributed by atoms with van der Waals surface area (Å²) in [6.07, 6.45) is 1.31. The van der Waals surface area contributed by atoms with Crippen LogP contribution >= 0.6 is 34.8 Å². The summed E-state index contributed by atoms with van der Waals surface area (Å²) < 4.78 is 26.4. The van der Waals surface area contributed by atoms with Crippen molar-refractivity contribution in [2.24, 2.45) is 0 Å². The Bertz CT molecular complexity index is 1140. The Labute approximate surface area is 216 Å². The first-order valence-electron chi connectivity index (χ1n) is 10.6. The number of nitrogens with one attached hydrogen (secondary N) is 1. The van der Waals surface area contributed by atoms with Crippen LogP contribution in [0.4, 0.5) is 5.69 Å². The molecular formula is C23H28Cl3N3O4S. The second kappa shape index (κ2) is 12.1. The van der Waals surface area contributed by atoms with Gasteiger partial charge in [0.1, 0.15) is 12.6 Å². The molecule has 1 N–H and O–H groups in total. The Morgan fingerprint density at radius 3 is 2.21 bits per heavy atom. The van der Waals surface area contributed by atoms with Gasteiger partial charge in [0.25, 0.3) is 0 Å². The Balaban J connectivity index is 2.54. The lowest BCUT2D eigenvalue weighted by Crippen LogP contribution is -2.52. The average Bonchev–Trinajstić information content (AvgIpc) is 2.75. The number of rotatable bonds is 10. The SMILES string of the molecule is CCNC(=O)[C@H](CC)N(Cc1c(Cl)cccc1Cl)C(=O)CN(c1cc(Cl)ccc1C)S(C)(=O)=O. The number of hydrogen-bond donors (Lipinski definition) is 1. The fourth-order valence-electron chi connectivity index (χ4n) is 3.51. The number of halogens is 3. The first kappa shape index (κ1) is 28.2. The standard InChI is InChI=1S/C23H28Cl3N3O4S/c1-5-20(23(31)27-6-2)28(13-17-18(25)8-7-9-19(17)26)22(30)14-29(34(4,32)33)21-12-16(24)11-10-15(21)3/h7-12,20H,5-6,13-14H2,1-4H3,(H,27,31)/t20-/m0/s1. The number of aryl methyl sites for hydroxylation is 1. The predicted octanol–water partition coefficient (Wildman–Crippen LogP) is 4.66. The lowest BCUT2D eigenvalue weighted by molar-refractivity contribution is -0.140. The van der Waals surface area contributed by atoms with Gasteiger partial charge in [0, 0.05) is 33.7 Å². The second-order valence-electron chi connectivity index (χ2n) is 7.74. The molecule has 11 heteroatoms. The lowest BCUT2D eigenvalue weighted by Gasteiger charge is -2.33. The van der Waals surface area contributed by atoms with Gasteiger partial charge >= 0.3 is 0 Å². The van der Waals surface area contributed by atoms with Gasteiger partial charge in [-0.3, -0.25) is 13.9 Å². The van der Waals surface area contributed by atoms with Crippen molar-refractivity contribution in [2.45, 2.75) is 39.8 Å². The second-order valence-corrected chi connectivity index (χ2v) is 10.9. The quantitative estimate of drug-likeness (QED) is 0.468. The number of amides is 2. The molecule has 0 radical (unpaired) electrons. The van der Waals surface area contributed by atoms with Crippen molar-refractivity contribution in [3.63, 3.8) is 0 Å². The number of carbonyl (C=O) groups is 2. The van der Waals surface area contributed by atoms with Gasteiger partial charge in [-0.2, -0.15) is 0 Å². The number of nitrogens with zero attached hydrogens (tertiary/aromatic N) is 2. The molecule has 2 amide bonds. The molecular weight excluding hydrogens is 521 g/mol. The third kappa shape index (κ3) is 7.01. The minimum absolute atomic E-state index is 0.0703. The van der Waals surface area contributed by atoms with Gasteiger partial charge in [-0.1, -0.05) is 53.9 Å². The van der Waals surface area contributed by atoms with E-state index in [1.807, 2.05) is 0 Å². The Hall–Kier alpha value is -2.00. The molecule has 2 rings (SSSR count). The van der Waals surface area contributed by atoms with E-state index in [0.29, 0.717) is 39.2 Å². The van der Waals surface area contributed by atoms with Gasteiger partial charge in [-0.25, -0.2) is 8.42 Å². The molecule has 0 aromatic heterocycles. The maximum atomic E-state index is 13.6. The molecule has 34 heavy (non-hydrogen) atoms. The van der Waals surface area contributed by atoms with Crippen LogP contribution in [0.2, 0.25) is 15.1 Å². The van der Waals surface area contributed by atoms with E-state index in [1.54, 1.807) is 51.1 Å². The van der Waals surface area contributed by atoms with Crippen LogP contribution in [0.25, 0.3) is 0 Å². The van der Waals surface area contributed by atoms with Crippen LogP contribution < -0.4 is 9.62 Å². The van der Waals surface area contributed by atoms with Crippen molar-refractivity contribution in [3.05, 3.63) is 62.6 Å². The lowest BCUT2D eigenvalue weighted by atomic mass is 10.1. The monoisotopic (exact) mass is 547 g/mol. The van der Waals surface area contributed by atoms with E-state index in [4.69, 9.17) is 34.8 Å². The van der Waals surface area contributed by atoms with E-state index >= 15 is 0 Å². The molecule has 0 saturated carbocycles. The van der Waals surface area contributed by atoms with Gasteiger partial charge < -0.3 is 10.2 Å². The van der Waals surface area contributed by atoms with Crippen LogP contribution in [0.1, 0.15) is 31.4 Å². The summed E-state index contributed by atoms with van der Waals surface area (Å²) in [5, 5.41) is 3.73. The highest BCUT2D eigenvalue weighted by molar-refractivity contribution is 7.92. The van der Waals surface area contributed by atoms with Crippen LogP contribution in [0.15, 0.2) is 36.4 Å². The summed E-state index contributed by atoms with van der Waals surface area (Å²) >= 11 is 18.8. The molecule has 1 atom stereocenters. The number of hydrogen-bond acceptors (Lipinski definition) is 4. The Kier molecular flexibility index (Phi) is 10.1. The summed E-state index contributed by atoms with van der Waals surface area (Å²) in [5.41, 5.74) is 1.37. The minimum Gasteiger partial charge on any atom is -0.355 e. The van der Waals surface area contributed by atoms with E-state index in [9.17, 15) is 18.0 Å². The summed E-state index contributed by atoms with van der Waals surface area (Å²) in [4.78, 5) is 27.8. The van der Waals surface area contributed by atoms with E-state index in [-0.39, 0.29) is 18.1 Å². The molecule has 0 unspecified atom stereocenters. The predicted molar refractivity (Wildman–Crippen MR) is 138 cm³/mol.